The van der Waals surface area contributed by atoms with Crippen molar-refractivity contribution in [2.75, 3.05) is 4.90 Å². The van der Waals surface area contributed by atoms with Crippen molar-refractivity contribution in [1.82, 2.24) is 13.7 Å². The van der Waals surface area contributed by atoms with Gasteiger partial charge in [0.2, 0.25) is 0 Å². The maximum Gasteiger partial charge on any atom is 0.0900 e. The number of benzene rings is 8. The van der Waals surface area contributed by atoms with Gasteiger partial charge in [-0.25, -0.2) is 4.21 Å². The Morgan fingerprint density at radius 3 is 1.63 bits per heavy atom. The van der Waals surface area contributed by atoms with Crippen LogP contribution in [-0.4, -0.2) is 17.9 Å². The quantitative estimate of drug-likeness (QED) is 0.178. The molecule has 0 N–H and O–H groups in total. The Bertz CT molecular complexity index is 3620. The van der Waals surface area contributed by atoms with Gasteiger partial charge in [-0.15, -0.1) is 0 Å². The molecule has 1 aliphatic carbocycles. The fourth-order valence-electron chi connectivity index (χ4n) is 10.2. The molecule has 4 heterocycles. The number of fused-ring (bicyclic) bond motifs is 14. The second-order valence-electron chi connectivity index (χ2n) is 15.7. The summed E-state index contributed by atoms with van der Waals surface area (Å²) in [7, 11) is -1.52. The Morgan fingerprint density at radius 1 is 0.433 bits per heavy atom. The normalized spacial score (nSPS) is 15.1. The topological polar surface area (TPSA) is 35.1 Å². The molecule has 0 bridgehead atoms. The van der Waals surface area contributed by atoms with E-state index < -0.39 is 10.8 Å². The first-order valence-corrected chi connectivity index (χ1v) is 21.8. The number of para-hydroxylation sites is 6. The SMILES string of the molecule is O=S1c2ccccc2N(c2ccc(-n3c4ccccc4c4ccccc43)cc2)c2c1c1c3ccccc3n(C3=CCCC=C3)c1c1c3ccccc3n(-c3ccccc3)c21. The molecule has 0 spiro atoms. The monoisotopic (exact) mass is 788 g/mol. The van der Waals surface area contributed by atoms with Crippen LogP contribution >= 0.6 is 0 Å². The van der Waals surface area contributed by atoms with Gasteiger partial charge in [0, 0.05) is 55.1 Å². The second-order valence-corrected chi connectivity index (χ2v) is 17.1. The predicted octanol–water partition coefficient (Wildman–Crippen LogP) is 14.1. The Balaban J connectivity index is 1.20. The maximum absolute atomic E-state index is 15.7. The summed E-state index contributed by atoms with van der Waals surface area (Å²) in [5, 5.41) is 6.89. The fraction of sp³-hybridized carbons (Fsp3) is 0.0370. The lowest BCUT2D eigenvalue weighted by Crippen LogP contribution is -2.21. The van der Waals surface area contributed by atoms with Gasteiger partial charge in [0.25, 0.3) is 0 Å². The first kappa shape index (κ1) is 33.6. The first-order chi connectivity index (χ1) is 29.8. The van der Waals surface area contributed by atoms with Gasteiger partial charge in [-0.05, 0) is 91.7 Å². The zero-order chi connectivity index (χ0) is 39.5. The van der Waals surface area contributed by atoms with Crippen LogP contribution in [0.5, 0.6) is 0 Å². The molecule has 6 heteroatoms. The third-order valence-electron chi connectivity index (χ3n) is 12.6. The molecule has 0 fully saturated rings. The summed E-state index contributed by atoms with van der Waals surface area (Å²) in [5.74, 6) is 0. The minimum Gasteiger partial charge on any atom is -0.309 e. The third kappa shape index (κ3) is 4.54. The lowest BCUT2D eigenvalue weighted by Gasteiger charge is -2.34. The van der Waals surface area contributed by atoms with Crippen molar-refractivity contribution < 1.29 is 4.21 Å². The van der Waals surface area contributed by atoms with E-state index in [2.05, 4.69) is 201 Å². The van der Waals surface area contributed by atoms with Crippen LogP contribution < -0.4 is 4.90 Å². The molecule has 1 unspecified atom stereocenters. The predicted molar refractivity (Wildman–Crippen MR) is 250 cm³/mol. The van der Waals surface area contributed by atoms with Crippen LogP contribution in [0.2, 0.25) is 0 Å². The molecule has 0 radical (unpaired) electrons. The molecule has 0 saturated heterocycles. The molecular weight excluding hydrogens is 753 g/mol. The number of anilines is 3. The summed E-state index contributed by atoms with van der Waals surface area (Å²) in [6.45, 7) is 0. The summed E-state index contributed by atoms with van der Waals surface area (Å²) >= 11 is 0. The van der Waals surface area contributed by atoms with Gasteiger partial charge in [-0.2, -0.15) is 0 Å². The van der Waals surface area contributed by atoms with Gasteiger partial charge < -0.3 is 18.6 Å². The van der Waals surface area contributed by atoms with Gasteiger partial charge in [0.15, 0.2) is 0 Å². The Hall–Kier alpha value is -7.41. The minimum atomic E-state index is -1.52. The van der Waals surface area contributed by atoms with E-state index in [0.29, 0.717) is 0 Å². The van der Waals surface area contributed by atoms with Gasteiger partial charge in [0.05, 0.1) is 65.1 Å². The van der Waals surface area contributed by atoms with Gasteiger partial charge in [-0.1, -0.05) is 115 Å². The standard InChI is InChI=1S/C54H36N4OS/c59-60-48-30-16-15-29-47(48)58(38-33-31-37(32-34-38)55-43-25-11-7-21-39(43)40-22-8-12-26-44(40)55)53-52-49(41-23-9-13-27-45(41)57(52)36-19-5-2-6-20-36)51-50(54(53)60)42-24-10-14-28-46(42)56(51)35-17-3-1-4-18-35/h2-3,5-34H,1,4H2. The smallest absolute Gasteiger partial charge is 0.0900 e. The number of aromatic nitrogens is 3. The summed E-state index contributed by atoms with van der Waals surface area (Å²) < 4.78 is 22.9. The maximum atomic E-state index is 15.7. The molecule has 284 valence electrons. The van der Waals surface area contributed by atoms with Crippen molar-refractivity contribution in [2.24, 2.45) is 0 Å². The molecule has 2 aliphatic rings. The Kier molecular flexibility index (Phi) is 7.15. The van der Waals surface area contributed by atoms with Crippen LogP contribution in [0.25, 0.3) is 82.5 Å². The van der Waals surface area contributed by atoms with Gasteiger partial charge in [-0.3, -0.25) is 0 Å². The van der Waals surface area contributed by atoms with Crippen molar-refractivity contribution in [3.63, 3.8) is 0 Å². The average Bonchev–Trinajstić information content (AvgIpc) is 3.96. The zero-order valence-corrected chi connectivity index (χ0v) is 33.3. The molecule has 8 aromatic carbocycles. The van der Waals surface area contributed by atoms with E-state index in [1.165, 1.54) is 21.8 Å². The van der Waals surface area contributed by atoms with E-state index in [0.717, 1.165) is 100 Å². The molecule has 0 saturated carbocycles. The zero-order valence-electron chi connectivity index (χ0n) is 32.5. The van der Waals surface area contributed by atoms with Crippen molar-refractivity contribution in [3.8, 4) is 11.4 Å². The van der Waals surface area contributed by atoms with E-state index in [4.69, 9.17) is 0 Å². The van der Waals surface area contributed by atoms with Crippen LogP contribution in [0.4, 0.5) is 17.1 Å². The molecule has 11 aromatic rings. The molecule has 60 heavy (non-hydrogen) atoms. The van der Waals surface area contributed by atoms with Gasteiger partial charge in [0.1, 0.15) is 0 Å². The highest BCUT2D eigenvalue weighted by Gasteiger charge is 2.38. The second kappa shape index (κ2) is 12.8. The summed E-state index contributed by atoms with van der Waals surface area (Å²) in [5.41, 5.74) is 12.8. The van der Waals surface area contributed by atoms with E-state index in [1.54, 1.807) is 0 Å². The minimum absolute atomic E-state index is 0.799. The number of hydrogen-bond donors (Lipinski definition) is 0. The highest BCUT2D eigenvalue weighted by Crippen LogP contribution is 2.56. The van der Waals surface area contributed by atoms with Crippen molar-refractivity contribution in [1.29, 1.82) is 0 Å². The lowest BCUT2D eigenvalue weighted by molar-refractivity contribution is 0.683. The van der Waals surface area contributed by atoms with Crippen LogP contribution in [0.15, 0.2) is 204 Å². The fourth-order valence-corrected chi connectivity index (χ4v) is 11.7. The van der Waals surface area contributed by atoms with Crippen molar-refractivity contribution >= 4 is 99.0 Å². The van der Waals surface area contributed by atoms with Crippen LogP contribution in [0, 0.1) is 0 Å². The van der Waals surface area contributed by atoms with E-state index in [9.17, 15) is 0 Å². The molecule has 1 aliphatic heterocycles. The molecule has 1 atom stereocenters. The van der Waals surface area contributed by atoms with E-state index in [1.807, 2.05) is 12.1 Å². The van der Waals surface area contributed by atoms with Crippen LogP contribution in [0.1, 0.15) is 12.8 Å². The van der Waals surface area contributed by atoms with Crippen molar-refractivity contribution in [3.05, 3.63) is 194 Å². The van der Waals surface area contributed by atoms with E-state index in [-0.39, 0.29) is 0 Å². The Labute approximate surface area is 348 Å². The van der Waals surface area contributed by atoms with Crippen molar-refractivity contribution in [2.45, 2.75) is 22.6 Å². The molecule has 0 amide bonds. The molecule has 5 nitrogen and oxygen atoms in total. The number of allylic oxidation sites excluding steroid dienone is 4. The summed E-state index contributed by atoms with van der Waals surface area (Å²) in [6.07, 6.45) is 8.87. The average molecular weight is 789 g/mol. The highest BCUT2D eigenvalue weighted by molar-refractivity contribution is 7.85. The van der Waals surface area contributed by atoms with E-state index >= 15 is 4.21 Å². The summed E-state index contributed by atoms with van der Waals surface area (Å²) in [4.78, 5) is 4.01. The molecule has 3 aromatic heterocycles. The number of nitrogens with zero attached hydrogens (tertiary/aromatic N) is 4. The molecular formula is C54H36N4OS. The molecule has 13 rings (SSSR count). The highest BCUT2D eigenvalue weighted by atomic mass is 32.2. The first-order valence-electron chi connectivity index (χ1n) is 20.6. The number of rotatable bonds is 4. The third-order valence-corrected chi connectivity index (χ3v) is 14.1. The number of hydrogen-bond acceptors (Lipinski definition) is 2. The largest absolute Gasteiger partial charge is 0.309 e. The van der Waals surface area contributed by atoms with Crippen LogP contribution in [0.3, 0.4) is 0 Å². The Morgan fingerprint density at radius 2 is 0.967 bits per heavy atom. The summed E-state index contributed by atoms with van der Waals surface area (Å²) in [6, 6.07) is 62.6. The van der Waals surface area contributed by atoms with Crippen LogP contribution in [-0.2, 0) is 10.8 Å². The van der Waals surface area contributed by atoms with Gasteiger partial charge >= 0.3 is 0 Å². The lowest BCUT2D eigenvalue weighted by atomic mass is 10.0.